The minimum Gasteiger partial charge on any atom is -0.360 e. The molecule has 1 N–H and O–H groups in total. The first-order valence-electron chi connectivity index (χ1n) is 3.49. The summed E-state index contributed by atoms with van der Waals surface area (Å²) in [7, 11) is 0. The molecule has 11 heavy (non-hydrogen) atoms. The van der Waals surface area contributed by atoms with Gasteiger partial charge >= 0.3 is 0 Å². The summed E-state index contributed by atoms with van der Waals surface area (Å²) >= 11 is 3.50. The van der Waals surface area contributed by atoms with E-state index in [0.717, 1.165) is 11.7 Å². The van der Waals surface area contributed by atoms with Gasteiger partial charge < -0.3 is 5.32 Å². The lowest BCUT2D eigenvalue weighted by molar-refractivity contribution is 1.000. The third-order valence-electron chi connectivity index (χ3n) is 1.38. The predicted molar refractivity (Wildman–Crippen MR) is 53.6 cm³/mol. The molecule has 0 aliphatic heterocycles. The molecule has 0 spiro atoms. The molecular formula is C7H12N2S2. The number of thiazole rings is 1. The van der Waals surface area contributed by atoms with E-state index in [1.165, 1.54) is 0 Å². The number of rotatable bonds is 4. The molecule has 4 heteroatoms. The van der Waals surface area contributed by atoms with Crippen molar-refractivity contribution in [2.45, 2.75) is 12.2 Å². The van der Waals surface area contributed by atoms with Gasteiger partial charge in [-0.25, -0.2) is 4.98 Å². The van der Waals surface area contributed by atoms with E-state index < -0.39 is 0 Å². The fourth-order valence-electron chi connectivity index (χ4n) is 0.625. The maximum absolute atomic E-state index is 4.12. The quantitative estimate of drug-likeness (QED) is 0.785. The first kappa shape index (κ1) is 8.87. The zero-order valence-corrected chi connectivity index (χ0v) is 8.34. The molecule has 0 aliphatic rings. The molecule has 0 fully saturated rings. The van der Waals surface area contributed by atoms with E-state index in [4.69, 9.17) is 0 Å². The van der Waals surface area contributed by atoms with Crippen LogP contribution in [0.25, 0.3) is 0 Å². The second kappa shape index (κ2) is 4.62. The minimum atomic E-state index is 0.652. The van der Waals surface area contributed by atoms with Crippen molar-refractivity contribution < 1.29 is 0 Å². The SMILES string of the molecule is CSC(C)CNc1nccs1. The number of nitrogens with one attached hydrogen (secondary N) is 1. The Morgan fingerprint density at radius 3 is 3.18 bits per heavy atom. The summed E-state index contributed by atoms with van der Waals surface area (Å²) < 4.78 is 0. The summed E-state index contributed by atoms with van der Waals surface area (Å²) in [6, 6.07) is 0. The summed E-state index contributed by atoms with van der Waals surface area (Å²) in [5.41, 5.74) is 0. The second-order valence-electron chi connectivity index (χ2n) is 2.26. The maximum atomic E-state index is 4.12. The fraction of sp³-hybridized carbons (Fsp3) is 0.571. The first-order chi connectivity index (χ1) is 5.33. The van der Waals surface area contributed by atoms with Crippen molar-refractivity contribution in [2.24, 2.45) is 0 Å². The Hall–Kier alpha value is -0.220. The van der Waals surface area contributed by atoms with Gasteiger partial charge in [-0.2, -0.15) is 11.8 Å². The molecule has 0 saturated heterocycles. The Kier molecular flexibility index (Phi) is 3.72. The maximum Gasteiger partial charge on any atom is 0.182 e. The molecule has 0 radical (unpaired) electrons. The van der Waals surface area contributed by atoms with Gasteiger partial charge in [-0.15, -0.1) is 11.3 Å². The number of aromatic nitrogens is 1. The number of hydrogen-bond donors (Lipinski definition) is 1. The molecule has 0 bridgehead atoms. The third kappa shape index (κ3) is 3.12. The standard InChI is InChI=1S/C7H12N2S2/c1-6(10-2)5-9-7-8-3-4-11-7/h3-4,6H,5H2,1-2H3,(H,8,9). The number of nitrogens with zero attached hydrogens (tertiary/aromatic N) is 1. The van der Waals surface area contributed by atoms with Crippen LogP contribution in [0.3, 0.4) is 0 Å². The molecule has 1 aromatic rings. The van der Waals surface area contributed by atoms with Crippen LogP contribution in [0.4, 0.5) is 5.13 Å². The monoisotopic (exact) mass is 188 g/mol. The van der Waals surface area contributed by atoms with Crippen molar-refractivity contribution in [3.05, 3.63) is 11.6 Å². The van der Waals surface area contributed by atoms with Gasteiger partial charge in [0.05, 0.1) is 0 Å². The lowest BCUT2D eigenvalue weighted by atomic mass is 10.5. The van der Waals surface area contributed by atoms with E-state index in [2.05, 4.69) is 23.5 Å². The summed E-state index contributed by atoms with van der Waals surface area (Å²) in [4.78, 5) is 4.12. The Bertz CT molecular complexity index is 186. The van der Waals surface area contributed by atoms with Gasteiger partial charge in [0.15, 0.2) is 5.13 Å². The van der Waals surface area contributed by atoms with Crippen LogP contribution in [0, 0.1) is 0 Å². The fourth-order valence-corrected chi connectivity index (χ4v) is 1.41. The van der Waals surface area contributed by atoms with E-state index in [-0.39, 0.29) is 0 Å². The molecule has 0 aromatic carbocycles. The summed E-state index contributed by atoms with van der Waals surface area (Å²) in [6.45, 7) is 3.19. The third-order valence-corrected chi connectivity index (χ3v) is 3.08. The molecule has 1 aromatic heterocycles. The minimum absolute atomic E-state index is 0.652. The van der Waals surface area contributed by atoms with E-state index in [1.807, 2.05) is 23.3 Å². The van der Waals surface area contributed by atoms with Gasteiger partial charge in [-0.3, -0.25) is 0 Å². The molecule has 1 rings (SSSR count). The Morgan fingerprint density at radius 2 is 2.64 bits per heavy atom. The average molecular weight is 188 g/mol. The Labute approximate surface area is 75.4 Å². The molecule has 62 valence electrons. The average Bonchev–Trinajstić information content (AvgIpc) is 2.52. The van der Waals surface area contributed by atoms with Crippen LogP contribution in [-0.4, -0.2) is 23.0 Å². The second-order valence-corrected chi connectivity index (χ2v) is 4.44. The van der Waals surface area contributed by atoms with E-state index in [1.54, 1.807) is 11.3 Å². The van der Waals surface area contributed by atoms with Crippen LogP contribution in [0.2, 0.25) is 0 Å². The van der Waals surface area contributed by atoms with Gasteiger partial charge in [0.1, 0.15) is 0 Å². The van der Waals surface area contributed by atoms with Gasteiger partial charge in [0, 0.05) is 23.4 Å². The van der Waals surface area contributed by atoms with Crippen molar-refractivity contribution in [3.63, 3.8) is 0 Å². The van der Waals surface area contributed by atoms with Crippen LogP contribution >= 0.6 is 23.1 Å². The summed E-state index contributed by atoms with van der Waals surface area (Å²) in [5, 5.41) is 6.91. The summed E-state index contributed by atoms with van der Waals surface area (Å²) in [5.74, 6) is 0. The van der Waals surface area contributed by atoms with Crippen molar-refractivity contribution in [1.29, 1.82) is 0 Å². The number of thioether (sulfide) groups is 1. The zero-order valence-electron chi connectivity index (χ0n) is 6.70. The first-order valence-corrected chi connectivity index (χ1v) is 5.66. The van der Waals surface area contributed by atoms with Crippen LogP contribution < -0.4 is 5.32 Å². The molecule has 0 aliphatic carbocycles. The molecule has 1 unspecified atom stereocenters. The van der Waals surface area contributed by atoms with E-state index in [9.17, 15) is 0 Å². The van der Waals surface area contributed by atoms with Crippen LogP contribution in [0.5, 0.6) is 0 Å². The molecular weight excluding hydrogens is 176 g/mol. The van der Waals surface area contributed by atoms with Crippen LogP contribution in [0.15, 0.2) is 11.6 Å². The Morgan fingerprint density at radius 1 is 1.82 bits per heavy atom. The molecule has 1 heterocycles. The zero-order chi connectivity index (χ0) is 8.10. The highest BCUT2D eigenvalue weighted by atomic mass is 32.2. The highest BCUT2D eigenvalue weighted by molar-refractivity contribution is 7.99. The lowest BCUT2D eigenvalue weighted by Gasteiger charge is -2.07. The Balaban J connectivity index is 2.23. The van der Waals surface area contributed by atoms with E-state index >= 15 is 0 Å². The highest BCUT2D eigenvalue weighted by Gasteiger charge is 1.98. The van der Waals surface area contributed by atoms with Gasteiger partial charge in [0.2, 0.25) is 0 Å². The molecule has 1 atom stereocenters. The van der Waals surface area contributed by atoms with Crippen LogP contribution in [-0.2, 0) is 0 Å². The van der Waals surface area contributed by atoms with Crippen molar-refractivity contribution in [2.75, 3.05) is 18.1 Å². The normalized spacial score (nSPS) is 12.9. The van der Waals surface area contributed by atoms with Crippen molar-refractivity contribution in [1.82, 2.24) is 4.98 Å². The number of hydrogen-bond acceptors (Lipinski definition) is 4. The molecule has 2 nitrogen and oxygen atoms in total. The highest BCUT2D eigenvalue weighted by Crippen LogP contribution is 2.12. The van der Waals surface area contributed by atoms with Crippen LogP contribution in [0.1, 0.15) is 6.92 Å². The molecule has 0 saturated carbocycles. The molecule has 0 amide bonds. The van der Waals surface area contributed by atoms with E-state index in [0.29, 0.717) is 5.25 Å². The smallest absolute Gasteiger partial charge is 0.182 e. The van der Waals surface area contributed by atoms with Crippen molar-refractivity contribution >= 4 is 28.2 Å². The van der Waals surface area contributed by atoms with Crippen molar-refractivity contribution in [3.8, 4) is 0 Å². The number of anilines is 1. The predicted octanol–water partition coefficient (Wildman–Crippen LogP) is 2.31. The largest absolute Gasteiger partial charge is 0.360 e. The lowest BCUT2D eigenvalue weighted by Crippen LogP contribution is -2.12. The topological polar surface area (TPSA) is 24.9 Å². The summed E-state index contributed by atoms with van der Waals surface area (Å²) in [6.07, 6.45) is 3.94. The van der Waals surface area contributed by atoms with Gasteiger partial charge in [0.25, 0.3) is 0 Å². The van der Waals surface area contributed by atoms with Gasteiger partial charge in [-0.1, -0.05) is 6.92 Å². The van der Waals surface area contributed by atoms with Gasteiger partial charge in [-0.05, 0) is 6.26 Å².